The molecule has 0 spiro atoms. The van der Waals surface area contributed by atoms with Crippen LogP contribution in [-0.4, -0.2) is 14.8 Å². The Hall–Kier alpha value is -0.950. The molecule has 0 saturated carbocycles. The molecule has 1 atom stereocenters. The zero-order valence-corrected chi connectivity index (χ0v) is 10.4. The Bertz CT molecular complexity index is 447. The standard InChI is InChI=1S/C10H11IN4/c1-7(12)10-3-2-9(5-13-10)15-6-8(11)4-14-15/h2-7H,12H2,1H3/t7-/m1/s1. The largest absolute Gasteiger partial charge is 0.323 e. The predicted octanol–water partition coefficient (Wildman–Crippen LogP) is 1.89. The first-order valence-corrected chi connectivity index (χ1v) is 5.67. The fourth-order valence-corrected chi connectivity index (χ4v) is 1.63. The van der Waals surface area contributed by atoms with Gasteiger partial charge in [0, 0.05) is 12.2 Å². The van der Waals surface area contributed by atoms with E-state index in [0.717, 1.165) is 15.0 Å². The first-order valence-electron chi connectivity index (χ1n) is 4.59. The molecule has 2 rings (SSSR count). The van der Waals surface area contributed by atoms with E-state index in [1.165, 1.54) is 0 Å². The topological polar surface area (TPSA) is 56.7 Å². The fourth-order valence-electron chi connectivity index (χ4n) is 1.24. The number of hydrogen-bond acceptors (Lipinski definition) is 3. The molecule has 78 valence electrons. The van der Waals surface area contributed by atoms with Crippen molar-refractivity contribution < 1.29 is 0 Å². The SMILES string of the molecule is C[C@@H](N)c1ccc(-n2cc(I)cn2)cn1. The van der Waals surface area contributed by atoms with Crippen LogP contribution in [0, 0.1) is 3.57 Å². The number of aromatic nitrogens is 3. The van der Waals surface area contributed by atoms with Crippen molar-refractivity contribution in [2.24, 2.45) is 5.73 Å². The summed E-state index contributed by atoms with van der Waals surface area (Å²) in [4.78, 5) is 4.28. The maximum atomic E-state index is 5.72. The van der Waals surface area contributed by atoms with Crippen molar-refractivity contribution in [3.05, 3.63) is 40.0 Å². The van der Waals surface area contributed by atoms with Crippen molar-refractivity contribution in [3.63, 3.8) is 0 Å². The van der Waals surface area contributed by atoms with Crippen LogP contribution in [0.25, 0.3) is 5.69 Å². The lowest BCUT2D eigenvalue weighted by molar-refractivity contribution is 0.775. The third kappa shape index (κ3) is 2.35. The number of nitrogens with two attached hydrogens (primary N) is 1. The van der Waals surface area contributed by atoms with E-state index < -0.39 is 0 Å². The van der Waals surface area contributed by atoms with E-state index >= 15 is 0 Å². The minimum Gasteiger partial charge on any atom is -0.323 e. The second-order valence-electron chi connectivity index (χ2n) is 3.33. The molecule has 2 heterocycles. The van der Waals surface area contributed by atoms with Crippen LogP contribution in [0.15, 0.2) is 30.7 Å². The lowest BCUT2D eigenvalue weighted by Gasteiger charge is -2.05. The van der Waals surface area contributed by atoms with E-state index in [0.29, 0.717) is 0 Å². The van der Waals surface area contributed by atoms with Crippen LogP contribution in [0.1, 0.15) is 18.7 Å². The van der Waals surface area contributed by atoms with Gasteiger partial charge in [-0.1, -0.05) is 0 Å². The lowest BCUT2D eigenvalue weighted by Crippen LogP contribution is -2.07. The molecule has 2 aromatic heterocycles. The second kappa shape index (κ2) is 4.28. The number of halogens is 1. The molecule has 4 nitrogen and oxygen atoms in total. The van der Waals surface area contributed by atoms with Crippen LogP contribution >= 0.6 is 22.6 Å². The minimum atomic E-state index is -0.0307. The van der Waals surface area contributed by atoms with Gasteiger partial charge in [0.2, 0.25) is 0 Å². The predicted molar refractivity (Wildman–Crippen MR) is 66.7 cm³/mol. The second-order valence-corrected chi connectivity index (χ2v) is 4.58. The van der Waals surface area contributed by atoms with E-state index in [9.17, 15) is 0 Å². The Labute approximate surface area is 102 Å². The molecule has 0 aliphatic rings. The Morgan fingerprint density at radius 2 is 2.20 bits per heavy atom. The molecule has 0 fully saturated rings. The van der Waals surface area contributed by atoms with Crippen molar-refractivity contribution in [2.75, 3.05) is 0 Å². The van der Waals surface area contributed by atoms with Gasteiger partial charge < -0.3 is 5.73 Å². The zero-order chi connectivity index (χ0) is 10.8. The summed E-state index contributed by atoms with van der Waals surface area (Å²) in [5.41, 5.74) is 7.56. The molecule has 0 aliphatic heterocycles. The monoisotopic (exact) mass is 314 g/mol. The van der Waals surface area contributed by atoms with Gasteiger partial charge in [-0.15, -0.1) is 0 Å². The summed E-state index contributed by atoms with van der Waals surface area (Å²) in [5.74, 6) is 0. The van der Waals surface area contributed by atoms with Gasteiger partial charge >= 0.3 is 0 Å². The number of pyridine rings is 1. The Morgan fingerprint density at radius 1 is 1.40 bits per heavy atom. The summed E-state index contributed by atoms with van der Waals surface area (Å²) >= 11 is 2.22. The summed E-state index contributed by atoms with van der Waals surface area (Å²) in [6.45, 7) is 1.92. The molecule has 2 aromatic rings. The van der Waals surface area contributed by atoms with Gasteiger partial charge in [0.15, 0.2) is 0 Å². The summed E-state index contributed by atoms with van der Waals surface area (Å²) in [5, 5.41) is 4.20. The molecule has 0 aliphatic carbocycles. The molecule has 0 saturated heterocycles. The Morgan fingerprint density at radius 3 is 2.67 bits per heavy atom. The highest BCUT2D eigenvalue weighted by Gasteiger charge is 2.02. The highest BCUT2D eigenvalue weighted by Crippen LogP contribution is 2.11. The van der Waals surface area contributed by atoms with E-state index in [2.05, 4.69) is 32.7 Å². The van der Waals surface area contributed by atoms with Crippen LogP contribution in [0.4, 0.5) is 0 Å². The van der Waals surface area contributed by atoms with E-state index in [4.69, 9.17) is 5.73 Å². The van der Waals surface area contributed by atoms with Gasteiger partial charge in [0.05, 0.1) is 27.3 Å². The van der Waals surface area contributed by atoms with Gasteiger partial charge in [0.25, 0.3) is 0 Å². The van der Waals surface area contributed by atoms with Crippen molar-refractivity contribution in [2.45, 2.75) is 13.0 Å². The summed E-state index contributed by atoms with van der Waals surface area (Å²) < 4.78 is 2.89. The number of nitrogens with zero attached hydrogens (tertiary/aromatic N) is 3. The fraction of sp³-hybridized carbons (Fsp3) is 0.200. The molecular formula is C10H11IN4. The Kier molecular flexibility index (Phi) is 3.01. The van der Waals surface area contributed by atoms with Gasteiger partial charge in [-0.05, 0) is 41.6 Å². The van der Waals surface area contributed by atoms with Crippen LogP contribution in [0.5, 0.6) is 0 Å². The van der Waals surface area contributed by atoms with Gasteiger partial charge in [-0.25, -0.2) is 4.68 Å². The first-order chi connectivity index (χ1) is 7.16. The molecule has 0 aromatic carbocycles. The minimum absolute atomic E-state index is 0.0307. The number of rotatable bonds is 2. The maximum absolute atomic E-state index is 5.72. The van der Waals surface area contributed by atoms with Crippen LogP contribution < -0.4 is 5.73 Å². The van der Waals surface area contributed by atoms with Crippen molar-refractivity contribution in [1.82, 2.24) is 14.8 Å². The van der Waals surface area contributed by atoms with Crippen LogP contribution in [0.2, 0.25) is 0 Å². The van der Waals surface area contributed by atoms with Crippen LogP contribution in [-0.2, 0) is 0 Å². The molecule has 0 unspecified atom stereocenters. The summed E-state index contributed by atoms with van der Waals surface area (Å²) in [6.07, 6.45) is 5.53. The highest BCUT2D eigenvalue weighted by atomic mass is 127. The summed E-state index contributed by atoms with van der Waals surface area (Å²) in [7, 11) is 0. The van der Waals surface area contributed by atoms with E-state index in [-0.39, 0.29) is 6.04 Å². The molecule has 2 N–H and O–H groups in total. The van der Waals surface area contributed by atoms with E-state index in [1.54, 1.807) is 17.1 Å². The maximum Gasteiger partial charge on any atom is 0.0829 e. The smallest absolute Gasteiger partial charge is 0.0829 e. The third-order valence-electron chi connectivity index (χ3n) is 2.05. The van der Waals surface area contributed by atoms with Gasteiger partial charge in [0.1, 0.15) is 0 Å². The van der Waals surface area contributed by atoms with Crippen LogP contribution in [0.3, 0.4) is 0 Å². The highest BCUT2D eigenvalue weighted by molar-refractivity contribution is 14.1. The lowest BCUT2D eigenvalue weighted by atomic mass is 10.2. The number of hydrogen-bond donors (Lipinski definition) is 1. The average molecular weight is 314 g/mol. The van der Waals surface area contributed by atoms with Crippen molar-refractivity contribution >= 4 is 22.6 Å². The molecule has 0 radical (unpaired) electrons. The first kappa shape index (κ1) is 10.6. The van der Waals surface area contributed by atoms with E-state index in [1.807, 2.05) is 25.3 Å². The zero-order valence-electron chi connectivity index (χ0n) is 8.26. The third-order valence-corrected chi connectivity index (χ3v) is 2.61. The Balaban J connectivity index is 2.31. The molecule has 0 amide bonds. The quantitative estimate of drug-likeness (QED) is 0.861. The average Bonchev–Trinajstić information content (AvgIpc) is 2.65. The molecular weight excluding hydrogens is 303 g/mol. The van der Waals surface area contributed by atoms with Crippen molar-refractivity contribution in [3.8, 4) is 5.69 Å². The molecule has 0 bridgehead atoms. The van der Waals surface area contributed by atoms with Gasteiger partial charge in [-0.2, -0.15) is 5.10 Å². The van der Waals surface area contributed by atoms with Gasteiger partial charge in [-0.3, -0.25) is 4.98 Å². The molecule has 5 heteroatoms. The normalized spacial score (nSPS) is 12.7. The molecule has 15 heavy (non-hydrogen) atoms. The van der Waals surface area contributed by atoms with Crippen molar-refractivity contribution in [1.29, 1.82) is 0 Å². The summed E-state index contributed by atoms with van der Waals surface area (Å²) in [6, 6.07) is 3.86.